The zero-order chi connectivity index (χ0) is 21.4. The number of para-hydroxylation sites is 1. The highest BCUT2D eigenvalue weighted by Crippen LogP contribution is 2.40. The van der Waals surface area contributed by atoms with Gasteiger partial charge in [-0.3, -0.25) is 14.4 Å². The van der Waals surface area contributed by atoms with Crippen LogP contribution in [0.2, 0.25) is 0 Å². The molecule has 3 aliphatic rings. The summed E-state index contributed by atoms with van der Waals surface area (Å²) in [6.45, 7) is 1.31. The van der Waals surface area contributed by atoms with Crippen molar-refractivity contribution in [3.63, 3.8) is 0 Å². The maximum Gasteiger partial charge on any atom is 0.250 e. The zero-order valence-electron chi connectivity index (χ0n) is 16.7. The number of hydrogen-bond donors (Lipinski definition) is 1. The highest BCUT2D eigenvalue weighted by molar-refractivity contribution is 8.01. The first-order chi connectivity index (χ1) is 15.1. The topological polar surface area (TPSA) is 88.2 Å². The summed E-state index contributed by atoms with van der Waals surface area (Å²) in [4.78, 5) is 43.0. The van der Waals surface area contributed by atoms with E-state index in [1.54, 1.807) is 29.2 Å². The predicted molar refractivity (Wildman–Crippen MR) is 115 cm³/mol. The summed E-state index contributed by atoms with van der Waals surface area (Å²) in [5.41, 5.74) is 1.19. The van der Waals surface area contributed by atoms with Crippen LogP contribution in [0.4, 0.5) is 11.4 Å². The van der Waals surface area contributed by atoms with Crippen LogP contribution in [0.15, 0.2) is 47.4 Å². The van der Waals surface area contributed by atoms with Gasteiger partial charge in [0.1, 0.15) is 6.54 Å². The summed E-state index contributed by atoms with van der Waals surface area (Å²) < 4.78 is 10.6. The van der Waals surface area contributed by atoms with Crippen LogP contribution in [0.25, 0.3) is 0 Å². The van der Waals surface area contributed by atoms with E-state index in [0.29, 0.717) is 36.0 Å². The third kappa shape index (κ3) is 3.81. The van der Waals surface area contributed by atoms with E-state index in [0.717, 1.165) is 17.7 Å². The second kappa shape index (κ2) is 8.14. The quantitative estimate of drug-likeness (QED) is 0.737. The molecule has 1 atom stereocenters. The number of likely N-dealkylation sites (tertiary alicyclic amines) is 1. The van der Waals surface area contributed by atoms with Gasteiger partial charge in [-0.2, -0.15) is 0 Å². The van der Waals surface area contributed by atoms with Crippen molar-refractivity contribution >= 4 is 40.9 Å². The number of thioether (sulfide) groups is 1. The molecule has 1 N–H and O–H groups in total. The predicted octanol–water partition coefficient (Wildman–Crippen LogP) is 2.48. The first-order valence-electron chi connectivity index (χ1n) is 10.2. The van der Waals surface area contributed by atoms with Gasteiger partial charge in [0, 0.05) is 29.7 Å². The maximum absolute atomic E-state index is 13.3. The van der Waals surface area contributed by atoms with Gasteiger partial charge in [0.05, 0.1) is 5.69 Å². The molecule has 3 aliphatic heterocycles. The van der Waals surface area contributed by atoms with Gasteiger partial charge in [0.25, 0.3) is 5.91 Å². The van der Waals surface area contributed by atoms with Gasteiger partial charge >= 0.3 is 0 Å². The van der Waals surface area contributed by atoms with Gasteiger partial charge < -0.3 is 24.6 Å². The molecule has 0 aromatic heterocycles. The first kappa shape index (κ1) is 19.7. The molecule has 5 rings (SSSR count). The van der Waals surface area contributed by atoms with Gasteiger partial charge in [-0.05, 0) is 37.1 Å². The molecule has 0 bridgehead atoms. The van der Waals surface area contributed by atoms with Crippen molar-refractivity contribution in [3.8, 4) is 11.5 Å². The lowest BCUT2D eigenvalue weighted by molar-refractivity contribution is -0.134. The lowest BCUT2D eigenvalue weighted by atomic mass is 10.2. The van der Waals surface area contributed by atoms with Gasteiger partial charge in [-0.25, -0.2) is 0 Å². The molecule has 0 spiro atoms. The molecule has 1 fully saturated rings. The van der Waals surface area contributed by atoms with E-state index in [2.05, 4.69) is 5.32 Å². The number of nitrogens with one attached hydrogen (secondary N) is 1. The summed E-state index contributed by atoms with van der Waals surface area (Å²) >= 11 is 1.26. The molecular weight excluding hydrogens is 418 g/mol. The zero-order valence-corrected chi connectivity index (χ0v) is 17.5. The Morgan fingerprint density at radius 3 is 2.68 bits per heavy atom. The van der Waals surface area contributed by atoms with Crippen molar-refractivity contribution in [2.75, 3.05) is 36.6 Å². The monoisotopic (exact) mass is 439 g/mol. The molecule has 8 nitrogen and oxygen atoms in total. The van der Waals surface area contributed by atoms with Crippen molar-refractivity contribution in [1.82, 2.24) is 4.90 Å². The largest absolute Gasteiger partial charge is 0.454 e. The average molecular weight is 439 g/mol. The molecule has 9 heteroatoms. The number of rotatable bonds is 4. The number of fused-ring (bicyclic) bond motifs is 2. The summed E-state index contributed by atoms with van der Waals surface area (Å²) in [5, 5.41) is 1.93. The molecule has 1 saturated heterocycles. The van der Waals surface area contributed by atoms with Crippen molar-refractivity contribution in [1.29, 1.82) is 0 Å². The number of amides is 3. The second-order valence-corrected chi connectivity index (χ2v) is 8.69. The fourth-order valence-electron chi connectivity index (χ4n) is 3.96. The fraction of sp³-hybridized carbons (Fsp3) is 0.318. The molecule has 0 saturated carbocycles. The van der Waals surface area contributed by atoms with Crippen molar-refractivity contribution in [2.45, 2.75) is 23.0 Å². The Morgan fingerprint density at radius 2 is 1.84 bits per heavy atom. The minimum absolute atomic E-state index is 0.149. The lowest BCUT2D eigenvalue weighted by Gasteiger charge is -2.34. The Labute approximate surface area is 183 Å². The van der Waals surface area contributed by atoms with E-state index in [-0.39, 0.29) is 31.1 Å². The van der Waals surface area contributed by atoms with E-state index in [1.807, 2.05) is 18.2 Å². The smallest absolute Gasteiger partial charge is 0.250 e. The normalized spacial score (nSPS) is 19.4. The van der Waals surface area contributed by atoms with Crippen LogP contribution in [0.5, 0.6) is 11.5 Å². The Hall–Kier alpha value is -3.20. The molecule has 1 unspecified atom stereocenters. The van der Waals surface area contributed by atoms with Gasteiger partial charge in [-0.15, -0.1) is 11.8 Å². The number of anilines is 2. The summed E-state index contributed by atoms with van der Waals surface area (Å²) in [7, 11) is 0. The number of carbonyl (C=O) groups excluding carboxylic acids is 3. The van der Waals surface area contributed by atoms with Gasteiger partial charge in [0.2, 0.25) is 18.6 Å². The highest BCUT2D eigenvalue weighted by atomic mass is 32.2. The SMILES string of the molecule is O=C(CN1C(=O)C(C(=O)N2CCCC2)Sc2ccccc21)Nc1ccc2c(c1)OCO2. The van der Waals surface area contributed by atoms with Crippen LogP contribution >= 0.6 is 11.8 Å². The summed E-state index contributed by atoms with van der Waals surface area (Å²) in [5.74, 6) is 0.286. The second-order valence-electron chi connectivity index (χ2n) is 7.54. The van der Waals surface area contributed by atoms with Crippen LogP contribution in [0.1, 0.15) is 12.8 Å². The Morgan fingerprint density at radius 1 is 1.06 bits per heavy atom. The molecule has 2 aromatic carbocycles. The molecule has 3 heterocycles. The Balaban J connectivity index is 1.35. The van der Waals surface area contributed by atoms with Crippen molar-refractivity contribution in [2.24, 2.45) is 0 Å². The van der Waals surface area contributed by atoms with Crippen LogP contribution in [-0.2, 0) is 14.4 Å². The number of ether oxygens (including phenoxy) is 2. The van der Waals surface area contributed by atoms with Crippen molar-refractivity contribution < 1.29 is 23.9 Å². The first-order valence-corrected chi connectivity index (χ1v) is 11.0. The van der Waals surface area contributed by atoms with E-state index in [1.165, 1.54) is 16.7 Å². The van der Waals surface area contributed by atoms with E-state index < -0.39 is 5.25 Å². The minimum atomic E-state index is -0.869. The van der Waals surface area contributed by atoms with E-state index in [9.17, 15) is 14.4 Å². The lowest BCUT2D eigenvalue weighted by Crippen LogP contribution is -2.51. The van der Waals surface area contributed by atoms with Crippen LogP contribution in [0, 0.1) is 0 Å². The van der Waals surface area contributed by atoms with Crippen LogP contribution in [-0.4, -0.2) is 54.3 Å². The Bertz CT molecular complexity index is 1050. The molecular formula is C22H21N3O5S. The van der Waals surface area contributed by atoms with E-state index >= 15 is 0 Å². The fourth-order valence-corrected chi connectivity index (χ4v) is 5.15. The maximum atomic E-state index is 13.3. The standard InChI is InChI=1S/C22H21N3O5S/c26-19(23-14-7-8-16-17(11-14)30-13-29-16)12-25-15-5-1-2-6-18(15)31-20(22(25)28)21(27)24-9-3-4-10-24/h1-2,5-8,11,20H,3-4,9-10,12-13H2,(H,23,26). The number of benzene rings is 2. The Kier molecular flexibility index (Phi) is 5.19. The molecule has 0 radical (unpaired) electrons. The van der Waals surface area contributed by atoms with Crippen LogP contribution in [0.3, 0.4) is 0 Å². The third-order valence-electron chi connectivity index (χ3n) is 5.49. The number of hydrogen-bond acceptors (Lipinski definition) is 6. The summed E-state index contributed by atoms with van der Waals surface area (Å²) in [6, 6.07) is 12.5. The van der Waals surface area contributed by atoms with Crippen molar-refractivity contribution in [3.05, 3.63) is 42.5 Å². The minimum Gasteiger partial charge on any atom is -0.454 e. The molecule has 31 heavy (non-hydrogen) atoms. The average Bonchev–Trinajstić information content (AvgIpc) is 3.47. The number of nitrogens with zero attached hydrogens (tertiary/aromatic N) is 2. The molecule has 2 aromatic rings. The molecule has 3 amide bonds. The summed E-state index contributed by atoms with van der Waals surface area (Å²) in [6.07, 6.45) is 1.91. The van der Waals surface area contributed by atoms with E-state index in [4.69, 9.17) is 9.47 Å². The third-order valence-corrected chi connectivity index (χ3v) is 6.73. The number of carbonyl (C=O) groups is 3. The van der Waals surface area contributed by atoms with Gasteiger partial charge in [0.15, 0.2) is 16.7 Å². The highest BCUT2D eigenvalue weighted by Gasteiger charge is 2.41. The van der Waals surface area contributed by atoms with Crippen LogP contribution < -0.4 is 19.7 Å². The molecule has 160 valence electrons. The molecule has 0 aliphatic carbocycles. The van der Waals surface area contributed by atoms with Gasteiger partial charge in [-0.1, -0.05) is 12.1 Å².